The van der Waals surface area contributed by atoms with Crippen LogP contribution in [0.2, 0.25) is 0 Å². The van der Waals surface area contributed by atoms with Gasteiger partial charge in [0.1, 0.15) is 5.75 Å². The molecule has 1 rings (SSSR count). The number of aromatic nitrogens is 1. The molecule has 90 valence electrons. The van der Waals surface area contributed by atoms with Gasteiger partial charge in [0.25, 0.3) is 16.4 Å². The second kappa shape index (κ2) is 4.30. The van der Waals surface area contributed by atoms with E-state index in [1.165, 1.54) is 14.0 Å². The number of hydrogen-bond acceptors (Lipinski definition) is 4. The highest BCUT2D eigenvalue weighted by Gasteiger charge is 2.23. The molecule has 1 heterocycles. The lowest BCUT2D eigenvalue weighted by Gasteiger charge is -2.12. The Morgan fingerprint density at radius 1 is 1.50 bits per heavy atom. The van der Waals surface area contributed by atoms with Crippen molar-refractivity contribution >= 4 is 10.0 Å². The van der Waals surface area contributed by atoms with Gasteiger partial charge in [0.15, 0.2) is 5.03 Å². The Bertz CT molecular complexity index is 502. The first-order valence-electron chi connectivity index (χ1n) is 4.13. The van der Waals surface area contributed by atoms with Crippen molar-refractivity contribution in [3.8, 4) is 5.75 Å². The van der Waals surface area contributed by atoms with E-state index in [2.05, 4.69) is 4.98 Å². The van der Waals surface area contributed by atoms with Crippen LogP contribution in [-0.2, 0) is 10.0 Å². The largest absolute Gasteiger partial charge is 0.496 e. The predicted octanol–water partition coefficient (Wildman–Crippen LogP) is 0.984. The zero-order valence-electron chi connectivity index (χ0n) is 8.57. The van der Waals surface area contributed by atoms with Crippen molar-refractivity contribution in [2.24, 2.45) is 5.14 Å². The van der Waals surface area contributed by atoms with E-state index in [0.29, 0.717) is 0 Å². The molecular formula is C8H10F2N2O3S. The van der Waals surface area contributed by atoms with E-state index in [4.69, 9.17) is 9.88 Å². The summed E-state index contributed by atoms with van der Waals surface area (Å²) in [5.74, 6) is -0.214. The number of nitrogens with two attached hydrogens (primary N) is 1. The molecule has 0 aliphatic rings. The lowest BCUT2D eigenvalue weighted by molar-refractivity contribution is 0.146. The average molecular weight is 252 g/mol. The molecule has 0 spiro atoms. The van der Waals surface area contributed by atoms with E-state index in [-0.39, 0.29) is 11.3 Å². The van der Waals surface area contributed by atoms with Crippen molar-refractivity contribution in [2.75, 3.05) is 7.11 Å². The number of hydrogen-bond donors (Lipinski definition) is 1. The minimum absolute atomic E-state index is 0.0252. The first kappa shape index (κ1) is 12.8. The van der Waals surface area contributed by atoms with Gasteiger partial charge in [-0.1, -0.05) is 0 Å². The molecule has 0 saturated carbocycles. The number of sulfonamides is 1. The minimum Gasteiger partial charge on any atom is -0.496 e. The lowest BCUT2D eigenvalue weighted by Crippen LogP contribution is -2.16. The number of alkyl halides is 2. The number of halogens is 2. The van der Waals surface area contributed by atoms with E-state index in [1.54, 1.807) is 0 Å². The number of methoxy groups -OCH3 is 1. The lowest BCUT2D eigenvalue weighted by atomic mass is 10.2. The highest BCUT2D eigenvalue weighted by molar-refractivity contribution is 7.89. The third-order valence-electron chi connectivity index (χ3n) is 1.95. The normalized spacial score (nSPS) is 11.9. The zero-order valence-corrected chi connectivity index (χ0v) is 9.38. The van der Waals surface area contributed by atoms with Crippen LogP contribution in [0, 0.1) is 6.92 Å². The SMILES string of the molecule is COc1c(C(F)F)cnc(S(N)(=O)=O)c1C. The summed E-state index contributed by atoms with van der Waals surface area (Å²) in [5, 5.41) is 4.41. The number of primary sulfonamides is 1. The van der Waals surface area contributed by atoms with Crippen LogP contribution in [-0.4, -0.2) is 20.5 Å². The number of ether oxygens (including phenoxy) is 1. The fourth-order valence-corrected chi connectivity index (χ4v) is 2.03. The maximum Gasteiger partial charge on any atom is 0.268 e. The van der Waals surface area contributed by atoms with Crippen molar-refractivity contribution < 1.29 is 21.9 Å². The molecule has 1 aromatic heterocycles. The summed E-state index contributed by atoms with van der Waals surface area (Å²) >= 11 is 0. The molecule has 16 heavy (non-hydrogen) atoms. The molecule has 0 atom stereocenters. The van der Waals surface area contributed by atoms with E-state index in [9.17, 15) is 17.2 Å². The molecule has 0 aliphatic carbocycles. The molecule has 2 N–H and O–H groups in total. The molecule has 8 heteroatoms. The number of rotatable bonds is 3. The smallest absolute Gasteiger partial charge is 0.268 e. The van der Waals surface area contributed by atoms with Crippen molar-refractivity contribution in [3.63, 3.8) is 0 Å². The Hall–Kier alpha value is -1.28. The van der Waals surface area contributed by atoms with E-state index >= 15 is 0 Å². The van der Waals surface area contributed by atoms with Gasteiger partial charge in [0.2, 0.25) is 0 Å². The van der Waals surface area contributed by atoms with Gasteiger partial charge >= 0.3 is 0 Å². The summed E-state index contributed by atoms with van der Waals surface area (Å²) in [4.78, 5) is 3.41. The maximum absolute atomic E-state index is 12.5. The van der Waals surface area contributed by atoms with Crippen LogP contribution < -0.4 is 9.88 Å². The fourth-order valence-electron chi connectivity index (χ4n) is 1.31. The van der Waals surface area contributed by atoms with Gasteiger partial charge in [-0.2, -0.15) is 0 Å². The summed E-state index contributed by atoms with van der Waals surface area (Å²) < 4.78 is 51.9. The van der Waals surface area contributed by atoms with Crippen LogP contribution >= 0.6 is 0 Å². The molecule has 0 fully saturated rings. The first-order chi connectivity index (χ1) is 7.29. The molecule has 0 radical (unpaired) electrons. The molecule has 5 nitrogen and oxygen atoms in total. The van der Waals surface area contributed by atoms with Gasteiger partial charge in [-0.05, 0) is 6.92 Å². The van der Waals surface area contributed by atoms with Crippen LogP contribution in [0.1, 0.15) is 17.6 Å². The monoisotopic (exact) mass is 252 g/mol. The number of pyridine rings is 1. The first-order valence-corrected chi connectivity index (χ1v) is 5.68. The highest BCUT2D eigenvalue weighted by atomic mass is 32.2. The molecule has 0 saturated heterocycles. The highest BCUT2D eigenvalue weighted by Crippen LogP contribution is 2.33. The summed E-state index contributed by atoms with van der Waals surface area (Å²) in [6.07, 6.45) is -2.05. The van der Waals surface area contributed by atoms with Crippen molar-refractivity contribution in [2.45, 2.75) is 18.4 Å². The zero-order chi connectivity index (χ0) is 12.5. The van der Waals surface area contributed by atoms with Gasteiger partial charge in [0, 0.05) is 11.8 Å². The van der Waals surface area contributed by atoms with Gasteiger partial charge in [-0.3, -0.25) is 0 Å². The predicted molar refractivity (Wildman–Crippen MR) is 51.9 cm³/mol. The van der Waals surface area contributed by atoms with Gasteiger partial charge in [-0.15, -0.1) is 0 Å². The van der Waals surface area contributed by atoms with Gasteiger partial charge in [0.05, 0.1) is 12.7 Å². The van der Waals surface area contributed by atoms with Crippen LogP contribution in [0.25, 0.3) is 0 Å². The minimum atomic E-state index is -4.04. The van der Waals surface area contributed by atoms with Crippen LogP contribution in [0.5, 0.6) is 5.75 Å². The van der Waals surface area contributed by atoms with E-state index < -0.39 is 27.0 Å². The average Bonchev–Trinajstić information content (AvgIpc) is 2.14. The Morgan fingerprint density at radius 2 is 2.06 bits per heavy atom. The maximum atomic E-state index is 12.5. The van der Waals surface area contributed by atoms with Crippen LogP contribution in [0.4, 0.5) is 8.78 Å². The number of nitrogens with zero attached hydrogens (tertiary/aromatic N) is 1. The molecule has 0 bridgehead atoms. The third-order valence-corrected chi connectivity index (χ3v) is 2.90. The fraction of sp³-hybridized carbons (Fsp3) is 0.375. The van der Waals surface area contributed by atoms with E-state index in [1.807, 2.05) is 0 Å². The van der Waals surface area contributed by atoms with Crippen LogP contribution in [0.3, 0.4) is 0 Å². The quantitative estimate of drug-likeness (QED) is 0.869. The molecule has 0 unspecified atom stereocenters. The summed E-state index contributed by atoms with van der Waals surface area (Å²) in [7, 11) is -2.88. The van der Waals surface area contributed by atoms with Crippen molar-refractivity contribution in [1.29, 1.82) is 0 Å². The Kier molecular flexibility index (Phi) is 3.44. The van der Waals surface area contributed by atoms with Gasteiger partial charge in [-0.25, -0.2) is 27.3 Å². The van der Waals surface area contributed by atoms with Crippen LogP contribution in [0.15, 0.2) is 11.2 Å². The Morgan fingerprint density at radius 3 is 2.44 bits per heavy atom. The molecule has 1 aromatic rings. The summed E-state index contributed by atoms with van der Waals surface area (Å²) in [6.45, 7) is 1.30. The van der Waals surface area contributed by atoms with Gasteiger partial charge < -0.3 is 4.74 Å². The second-order valence-electron chi connectivity index (χ2n) is 3.02. The van der Waals surface area contributed by atoms with Crippen molar-refractivity contribution in [3.05, 3.63) is 17.3 Å². The van der Waals surface area contributed by atoms with E-state index in [0.717, 1.165) is 6.20 Å². The topological polar surface area (TPSA) is 82.3 Å². The Balaban J connectivity index is 3.53. The van der Waals surface area contributed by atoms with Crippen molar-refractivity contribution in [1.82, 2.24) is 4.98 Å². The molecule has 0 aliphatic heterocycles. The summed E-state index contributed by atoms with van der Waals surface area (Å²) in [5.41, 5.74) is -0.491. The standard InChI is InChI=1S/C8H10F2N2O3S/c1-4-6(15-2)5(7(9)10)3-12-8(4)16(11,13)14/h3,7H,1-2H3,(H2,11,13,14). The summed E-state index contributed by atoms with van der Waals surface area (Å²) in [6, 6.07) is 0. The third kappa shape index (κ3) is 2.27. The second-order valence-corrected chi connectivity index (χ2v) is 4.50. The molecule has 0 amide bonds. The molecular weight excluding hydrogens is 242 g/mol. The molecule has 0 aromatic carbocycles. The Labute approximate surface area is 91.3 Å².